The van der Waals surface area contributed by atoms with E-state index < -0.39 is 0 Å². The van der Waals surface area contributed by atoms with E-state index in [4.69, 9.17) is 0 Å². The minimum absolute atomic E-state index is 0. The molecule has 4 heteroatoms. The molecule has 1 aliphatic rings. The fraction of sp³-hybridized carbons (Fsp3) is 0.929. The molecule has 0 saturated carbocycles. The molecule has 0 bridgehead atoms. The lowest BCUT2D eigenvalue weighted by Crippen LogP contribution is -2.50. The molecule has 1 saturated heterocycles. The Kier molecular flexibility index (Phi) is 7.23. The summed E-state index contributed by atoms with van der Waals surface area (Å²) in [6.45, 7) is 13.7. The van der Waals surface area contributed by atoms with Crippen molar-refractivity contribution in [3.63, 3.8) is 0 Å². The minimum Gasteiger partial charge on any atom is -0.355 e. The summed E-state index contributed by atoms with van der Waals surface area (Å²) >= 11 is 0. The highest BCUT2D eigenvalue weighted by Crippen LogP contribution is 2.24. The fourth-order valence-corrected chi connectivity index (χ4v) is 2.54. The van der Waals surface area contributed by atoms with Gasteiger partial charge in [0, 0.05) is 12.5 Å². The van der Waals surface area contributed by atoms with Crippen molar-refractivity contribution in [3.05, 3.63) is 0 Å². The Morgan fingerprint density at radius 1 is 1.33 bits per heavy atom. The molecule has 0 radical (unpaired) electrons. The van der Waals surface area contributed by atoms with Crippen molar-refractivity contribution in [2.75, 3.05) is 19.6 Å². The van der Waals surface area contributed by atoms with Crippen LogP contribution in [0, 0.1) is 23.2 Å². The van der Waals surface area contributed by atoms with E-state index in [2.05, 4.69) is 38.3 Å². The van der Waals surface area contributed by atoms with Crippen LogP contribution in [0.5, 0.6) is 0 Å². The van der Waals surface area contributed by atoms with Crippen LogP contribution in [-0.2, 0) is 4.79 Å². The molecule has 0 aromatic rings. The zero-order valence-electron chi connectivity index (χ0n) is 12.4. The van der Waals surface area contributed by atoms with E-state index >= 15 is 0 Å². The lowest BCUT2D eigenvalue weighted by atomic mass is 9.83. The predicted octanol–water partition coefficient (Wildman–Crippen LogP) is 2.45. The summed E-state index contributed by atoms with van der Waals surface area (Å²) in [5, 5.41) is 6.33. The summed E-state index contributed by atoms with van der Waals surface area (Å²) in [4.78, 5) is 12.0. The van der Waals surface area contributed by atoms with Gasteiger partial charge in [-0.1, -0.05) is 34.6 Å². The number of carbonyl (C=O) groups is 1. The molecular formula is C14H29ClN2O. The minimum atomic E-state index is 0. The number of carbonyl (C=O) groups excluding carboxylic acids is 1. The maximum atomic E-state index is 12.0. The Morgan fingerprint density at radius 3 is 2.28 bits per heavy atom. The van der Waals surface area contributed by atoms with Crippen LogP contribution in [0.3, 0.4) is 0 Å². The van der Waals surface area contributed by atoms with Gasteiger partial charge in [0.2, 0.25) is 5.91 Å². The first kappa shape index (κ1) is 17.7. The van der Waals surface area contributed by atoms with Gasteiger partial charge >= 0.3 is 0 Å². The zero-order chi connectivity index (χ0) is 13.1. The average molecular weight is 277 g/mol. The molecule has 1 aliphatic heterocycles. The number of hydrogen-bond donors (Lipinski definition) is 2. The summed E-state index contributed by atoms with van der Waals surface area (Å²) in [6.07, 6.45) is 1.15. The largest absolute Gasteiger partial charge is 0.355 e. The molecule has 1 unspecified atom stereocenters. The summed E-state index contributed by atoms with van der Waals surface area (Å²) < 4.78 is 0. The average Bonchev–Trinajstić information content (AvgIpc) is 2.09. The molecule has 1 atom stereocenters. The molecule has 0 spiro atoms. The first-order valence-electron chi connectivity index (χ1n) is 6.80. The van der Waals surface area contributed by atoms with Gasteiger partial charge in [0.1, 0.15) is 0 Å². The Bertz CT molecular complexity index is 263. The normalized spacial score (nSPS) is 17.9. The van der Waals surface area contributed by atoms with Crippen molar-refractivity contribution in [3.8, 4) is 0 Å². The highest BCUT2D eigenvalue weighted by molar-refractivity contribution is 5.85. The first-order chi connectivity index (χ1) is 7.82. The molecule has 1 heterocycles. The van der Waals surface area contributed by atoms with Crippen molar-refractivity contribution in [2.24, 2.45) is 23.2 Å². The summed E-state index contributed by atoms with van der Waals surface area (Å²) in [6, 6.07) is 0. The van der Waals surface area contributed by atoms with E-state index in [1.165, 1.54) is 0 Å². The second-order valence-electron chi connectivity index (χ2n) is 6.69. The van der Waals surface area contributed by atoms with Crippen LogP contribution in [-0.4, -0.2) is 25.5 Å². The third-order valence-corrected chi connectivity index (χ3v) is 3.64. The molecule has 0 aromatic heterocycles. The van der Waals surface area contributed by atoms with Crippen LogP contribution in [0.4, 0.5) is 0 Å². The van der Waals surface area contributed by atoms with Crippen molar-refractivity contribution in [1.82, 2.24) is 10.6 Å². The Balaban J connectivity index is 0.00000289. The molecule has 0 aromatic carbocycles. The molecule has 3 nitrogen and oxygen atoms in total. The highest BCUT2D eigenvalue weighted by Gasteiger charge is 2.29. The van der Waals surface area contributed by atoms with Crippen molar-refractivity contribution < 1.29 is 4.79 Å². The highest BCUT2D eigenvalue weighted by atomic mass is 35.5. The van der Waals surface area contributed by atoms with Crippen LogP contribution in [0.25, 0.3) is 0 Å². The second kappa shape index (κ2) is 7.34. The molecule has 1 rings (SSSR count). The lowest BCUT2D eigenvalue weighted by Gasteiger charge is -2.33. The third kappa shape index (κ3) is 5.57. The molecule has 18 heavy (non-hydrogen) atoms. The summed E-state index contributed by atoms with van der Waals surface area (Å²) in [7, 11) is 0. The SMILES string of the molecule is CC(C)CC(C)(C)CNC(=O)C(C)C1CNC1.Cl. The van der Waals surface area contributed by atoms with Crippen molar-refractivity contribution >= 4 is 18.3 Å². The second-order valence-corrected chi connectivity index (χ2v) is 6.69. The number of halogens is 1. The Morgan fingerprint density at radius 2 is 1.89 bits per heavy atom. The zero-order valence-corrected chi connectivity index (χ0v) is 13.2. The number of hydrogen-bond acceptors (Lipinski definition) is 2. The van der Waals surface area contributed by atoms with Crippen molar-refractivity contribution in [1.29, 1.82) is 0 Å². The maximum Gasteiger partial charge on any atom is 0.223 e. The smallest absolute Gasteiger partial charge is 0.223 e. The number of amides is 1. The summed E-state index contributed by atoms with van der Waals surface area (Å²) in [5.74, 6) is 1.57. The van der Waals surface area contributed by atoms with Gasteiger partial charge < -0.3 is 10.6 Å². The number of nitrogens with one attached hydrogen (secondary N) is 2. The van der Waals surface area contributed by atoms with Gasteiger partial charge in [-0.25, -0.2) is 0 Å². The van der Waals surface area contributed by atoms with E-state index in [0.717, 1.165) is 26.1 Å². The van der Waals surface area contributed by atoms with Crippen LogP contribution in [0.1, 0.15) is 41.0 Å². The summed E-state index contributed by atoms with van der Waals surface area (Å²) in [5.41, 5.74) is 0.196. The quantitative estimate of drug-likeness (QED) is 0.782. The standard InChI is InChI=1S/C14H28N2O.ClH/c1-10(2)6-14(4,5)9-16-13(17)11(3)12-7-15-8-12;/h10-12,15H,6-9H2,1-5H3,(H,16,17);1H. The number of rotatable bonds is 6. The van der Waals surface area contributed by atoms with Crippen LogP contribution >= 0.6 is 12.4 Å². The molecule has 2 N–H and O–H groups in total. The van der Waals surface area contributed by atoms with E-state index in [1.807, 2.05) is 6.92 Å². The molecule has 0 aliphatic carbocycles. The van der Waals surface area contributed by atoms with Gasteiger partial charge in [-0.15, -0.1) is 12.4 Å². The van der Waals surface area contributed by atoms with Gasteiger partial charge in [0.25, 0.3) is 0 Å². The van der Waals surface area contributed by atoms with Crippen LogP contribution in [0.2, 0.25) is 0 Å². The topological polar surface area (TPSA) is 41.1 Å². The lowest BCUT2D eigenvalue weighted by molar-refractivity contribution is -0.127. The van der Waals surface area contributed by atoms with Gasteiger partial charge in [-0.3, -0.25) is 4.79 Å². The van der Waals surface area contributed by atoms with E-state index in [-0.39, 0.29) is 29.6 Å². The van der Waals surface area contributed by atoms with Gasteiger partial charge in [-0.2, -0.15) is 0 Å². The molecule has 1 fully saturated rings. The molecule has 108 valence electrons. The van der Waals surface area contributed by atoms with E-state index in [9.17, 15) is 4.79 Å². The monoisotopic (exact) mass is 276 g/mol. The fourth-order valence-electron chi connectivity index (χ4n) is 2.54. The Hall–Kier alpha value is -0.280. The maximum absolute atomic E-state index is 12.0. The Labute approximate surface area is 118 Å². The van der Waals surface area contributed by atoms with E-state index in [0.29, 0.717) is 11.8 Å². The van der Waals surface area contributed by atoms with Crippen LogP contribution < -0.4 is 10.6 Å². The van der Waals surface area contributed by atoms with Gasteiger partial charge in [0.15, 0.2) is 0 Å². The van der Waals surface area contributed by atoms with Crippen molar-refractivity contribution in [2.45, 2.75) is 41.0 Å². The molecular weight excluding hydrogens is 248 g/mol. The van der Waals surface area contributed by atoms with Gasteiger partial charge in [0.05, 0.1) is 0 Å². The molecule has 1 amide bonds. The van der Waals surface area contributed by atoms with Gasteiger partial charge in [-0.05, 0) is 36.8 Å². The first-order valence-corrected chi connectivity index (χ1v) is 6.80. The predicted molar refractivity (Wildman–Crippen MR) is 79.0 cm³/mol. The van der Waals surface area contributed by atoms with Crippen LogP contribution in [0.15, 0.2) is 0 Å². The van der Waals surface area contributed by atoms with E-state index in [1.54, 1.807) is 0 Å². The third-order valence-electron chi connectivity index (χ3n) is 3.64.